The Hall–Kier alpha value is 0.0800. The zero-order valence-corrected chi connectivity index (χ0v) is 16.5. The van der Waals surface area contributed by atoms with Crippen LogP contribution in [0, 0.1) is 0 Å². The first-order chi connectivity index (χ1) is 8.22. The summed E-state index contributed by atoms with van der Waals surface area (Å²) in [4.78, 5) is 9.49. The largest absolute Gasteiger partial charge is 1.00 e. The number of aliphatic carboxylic acids is 1. The first kappa shape index (κ1) is 25.1. The molecule has 1 aromatic rings. The minimum Gasteiger partial charge on any atom is -0.744 e. The monoisotopic (exact) mass is 314 g/mol. The molecule has 0 heterocycles. The van der Waals surface area contributed by atoms with Crippen molar-refractivity contribution in [3.8, 4) is 0 Å². The molecule has 0 N–H and O–H groups in total. The number of rotatable bonds is 3. The first-order valence-electron chi connectivity index (χ1n) is 4.78. The molecule has 20 heavy (non-hydrogen) atoms. The van der Waals surface area contributed by atoms with Gasteiger partial charge in [-0.3, -0.25) is 0 Å². The summed E-state index contributed by atoms with van der Waals surface area (Å²) in [7, 11) is -4.25. The van der Waals surface area contributed by atoms with Gasteiger partial charge in [-0.1, -0.05) is 36.9 Å². The van der Waals surface area contributed by atoms with Crippen molar-refractivity contribution in [1.82, 2.24) is 0 Å². The molecule has 0 atom stereocenters. The van der Waals surface area contributed by atoms with E-state index in [1.54, 1.807) is 24.3 Å². The van der Waals surface area contributed by atoms with Gasteiger partial charge in [0.25, 0.3) is 0 Å². The Morgan fingerprint density at radius 3 is 1.90 bits per heavy atom. The molecule has 0 unspecified atom stereocenters. The molecule has 0 spiro atoms. The molecule has 98 valence electrons. The molecule has 5 nitrogen and oxygen atoms in total. The van der Waals surface area contributed by atoms with Crippen molar-refractivity contribution in [3.05, 3.63) is 53.5 Å². The van der Waals surface area contributed by atoms with Gasteiger partial charge in [0.2, 0.25) is 0 Å². The van der Waals surface area contributed by atoms with Crippen LogP contribution in [0.15, 0.2) is 47.9 Å². The molecule has 0 bridgehead atoms. The van der Waals surface area contributed by atoms with E-state index in [0.717, 1.165) is 0 Å². The molecule has 0 amide bonds. The average molecular weight is 314 g/mol. The fraction of sp³-hybridized carbons (Fsp3) is 0.0833. The van der Waals surface area contributed by atoms with Crippen molar-refractivity contribution in [2.24, 2.45) is 0 Å². The molecular weight excluding hydrogens is 302 g/mol. The van der Waals surface area contributed by atoms with E-state index in [1.807, 2.05) is 6.07 Å². The predicted molar refractivity (Wildman–Crippen MR) is 65.0 cm³/mol. The van der Waals surface area contributed by atoms with Crippen molar-refractivity contribution in [3.63, 3.8) is 0 Å². The van der Waals surface area contributed by atoms with Gasteiger partial charge in [-0.15, -0.1) is 0 Å². The zero-order valence-electron chi connectivity index (χ0n) is 11.7. The summed E-state index contributed by atoms with van der Waals surface area (Å²) in [6, 6.07) is 8.75. The summed E-state index contributed by atoms with van der Waals surface area (Å²) in [5.41, 5.74) is 0.756. The third-order valence-corrected chi connectivity index (χ3v) is 2.04. The van der Waals surface area contributed by atoms with E-state index in [4.69, 9.17) is 0 Å². The Kier molecular flexibility index (Phi) is 16.0. The number of carbonyl (C=O) groups excluding carboxylic acids is 1. The van der Waals surface area contributed by atoms with Crippen LogP contribution in [0.1, 0.15) is 12.5 Å². The summed E-state index contributed by atoms with van der Waals surface area (Å²) < 4.78 is 30.5. The van der Waals surface area contributed by atoms with Crippen molar-refractivity contribution in [1.29, 1.82) is 0 Å². The maximum atomic E-state index is 10.2. The minimum absolute atomic E-state index is 0. The summed E-state index contributed by atoms with van der Waals surface area (Å²) in [6.45, 7) is 4.48. The van der Waals surface area contributed by atoms with Crippen LogP contribution in [-0.2, 0) is 14.9 Å². The first-order valence-corrected chi connectivity index (χ1v) is 6.25. The van der Waals surface area contributed by atoms with Crippen LogP contribution in [0.25, 0.3) is 6.08 Å². The standard InChI is InChI=1S/C8H8O3S.C4H6O2.2Na/c9-12(10,11)7-6-8-4-2-1-3-5-8;1-3(2)4(5)6;;/h1-7H,(H,9,10,11);1H2,2H3,(H,5,6);;/q;;2*+1/p-2. The molecule has 0 saturated carbocycles. The second kappa shape index (κ2) is 12.8. The van der Waals surface area contributed by atoms with Gasteiger partial charge >= 0.3 is 59.1 Å². The van der Waals surface area contributed by atoms with Crippen LogP contribution in [0.3, 0.4) is 0 Å². The normalized spacial score (nSPS) is 9.50. The summed E-state index contributed by atoms with van der Waals surface area (Å²) in [6.07, 6.45) is 1.27. The third-order valence-electron chi connectivity index (χ3n) is 1.58. The number of carboxylic acid groups (broad SMARTS) is 1. The number of hydrogen-bond donors (Lipinski definition) is 0. The summed E-state index contributed by atoms with van der Waals surface area (Å²) in [5.74, 6) is -1.19. The van der Waals surface area contributed by atoms with Gasteiger partial charge in [0, 0.05) is 5.41 Å². The second-order valence-corrected chi connectivity index (χ2v) is 4.53. The molecule has 0 aliphatic rings. The SMILES string of the molecule is C=C(C)C(=O)[O-].O=S(=O)([O-])C=Cc1ccccc1.[Na+].[Na+]. The van der Waals surface area contributed by atoms with Gasteiger partial charge in [0.15, 0.2) is 0 Å². The van der Waals surface area contributed by atoms with Gasteiger partial charge in [-0.05, 0) is 24.1 Å². The Bertz CT molecular complexity index is 526. The maximum Gasteiger partial charge on any atom is 1.00 e. The molecule has 1 rings (SSSR count). The third kappa shape index (κ3) is 16.1. The van der Waals surface area contributed by atoms with Crippen LogP contribution in [-0.4, -0.2) is 18.9 Å². The topological polar surface area (TPSA) is 97.3 Å². The molecule has 0 aromatic heterocycles. The van der Waals surface area contributed by atoms with Gasteiger partial charge in [0.1, 0.15) is 10.1 Å². The van der Waals surface area contributed by atoms with E-state index in [0.29, 0.717) is 11.0 Å². The molecule has 0 fully saturated rings. The van der Waals surface area contributed by atoms with Gasteiger partial charge in [-0.2, -0.15) is 0 Å². The summed E-state index contributed by atoms with van der Waals surface area (Å²) >= 11 is 0. The Balaban J connectivity index is -0.000000316. The molecule has 0 aliphatic heterocycles. The molecule has 8 heteroatoms. The summed E-state index contributed by atoms with van der Waals surface area (Å²) in [5, 5.41) is 10.1. The van der Waals surface area contributed by atoms with Crippen molar-refractivity contribution < 1.29 is 82.0 Å². The van der Waals surface area contributed by atoms with E-state index in [-0.39, 0.29) is 64.7 Å². The van der Waals surface area contributed by atoms with Gasteiger partial charge in [0.05, 0.1) is 5.97 Å². The quantitative estimate of drug-likeness (QED) is 0.315. The Morgan fingerprint density at radius 2 is 1.60 bits per heavy atom. The van der Waals surface area contributed by atoms with Crippen LogP contribution < -0.4 is 64.2 Å². The molecule has 0 saturated heterocycles. The van der Waals surface area contributed by atoms with E-state index in [9.17, 15) is 22.9 Å². The fourth-order valence-electron chi connectivity index (χ4n) is 0.726. The van der Waals surface area contributed by atoms with Crippen LogP contribution >= 0.6 is 0 Å². The Morgan fingerprint density at radius 1 is 1.20 bits per heavy atom. The molecule has 0 aliphatic carbocycles. The number of hydrogen-bond acceptors (Lipinski definition) is 5. The van der Waals surface area contributed by atoms with Crippen molar-refractivity contribution in [2.75, 3.05) is 0 Å². The van der Waals surface area contributed by atoms with Gasteiger partial charge in [-0.25, -0.2) is 8.42 Å². The fourth-order valence-corrected chi connectivity index (χ4v) is 1.05. The smallest absolute Gasteiger partial charge is 0.744 e. The predicted octanol–water partition coefficient (Wildman–Crippen LogP) is -5.48. The van der Waals surface area contributed by atoms with Gasteiger partial charge < -0.3 is 14.5 Å². The number of benzene rings is 1. The molecular formula is C12H12Na2O5S. The van der Waals surface area contributed by atoms with Crippen LogP contribution in [0.4, 0.5) is 0 Å². The number of carboxylic acids is 1. The Labute approximate surface area is 163 Å². The maximum absolute atomic E-state index is 10.2. The molecule has 1 aromatic carbocycles. The van der Waals surface area contributed by atoms with Crippen molar-refractivity contribution >= 4 is 22.2 Å². The van der Waals surface area contributed by atoms with E-state index in [1.165, 1.54) is 13.0 Å². The second-order valence-electron chi connectivity index (χ2n) is 3.27. The van der Waals surface area contributed by atoms with E-state index in [2.05, 4.69) is 6.58 Å². The van der Waals surface area contributed by atoms with Crippen LogP contribution in [0.2, 0.25) is 0 Å². The molecule has 0 radical (unpaired) electrons. The van der Waals surface area contributed by atoms with E-state index >= 15 is 0 Å². The van der Waals surface area contributed by atoms with Crippen LogP contribution in [0.5, 0.6) is 0 Å². The van der Waals surface area contributed by atoms with E-state index < -0.39 is 16.1 Å². The average Bonchev–Trinajstić information content (AvgIpc) is 2.27. The van der Waals surface area contributed by atoms with Crippen molar-refractivity contribution in [2.45, 2.75) is 6.92 Å². The minimum atomic E-state index is -4.25. The zero-order chi connectivity index (χ0) is 14.2. The number of carbonyl (C=O) groups is 1.